The van der Waals surface area contributed by atoms with Gasteiger partial charge in [-0.25, -0.2) is 4.98 Å². The smallest absolute Gasteiger partial charge is 0.230 e. The average Bonchev–Trinajstić information content (AvgIpc) is 2.68. The van der Waals surface area contributed by atoms with Crippen molar-refractivity contribution in [3.05, 3.63) is 47.0 Å². The highest BCUT2D eigenvalue weighted by atomic mass is 35.5. The van der Waals surface area contributed by atoms with Crippen molar-refractivity contribution < 1.29 is 4.79 Å². The molecule has 0 aliphatic carbocycles. The molecule has 5 heteroatoms. The van der Waals surface area contributed by atoms with Crippen molar-refractivity contribution in [2.24, 2.45) is 7.05 Å². The predicted molar refractivity (Wildman–Crippen MR) is 62.5 cm³/mol. The first-order valence-corrected chi connectivity index (χ1v) is 5.05. The van der Waals surface area contributed by atoms with E-state index in [9.17, 15) is 4.79 Å². The first-order valence-electron chi connectivity index (χ1n) is 4.67. The molecular formula is C11H10ClN3O. The number of aromatic nitrogens is 2. The molecule has 0 bridgehead atoms. The van der Waals surface area contributed by atoms with Crippen LogP contribution >= 0.6 is 11.6 Å². The van der Waals surface area contributed by atoms with Crippen LogP contribution in [0.2, 0.25) is 5.02 Å². The number of hydrogen-bond acceptors (Lipinski definition) is 3. The standard InChI is InChI=1S/C11H10ClN3O/c1-15-6-5-14-11(15)10(16)7-3-2-4-8(13)9(7)12/h2-6H,13H2,1H3. The number of nitrogens with two attached hydrogens (primary N) is 1. The number of aryl methyl sites for hydroxylation is 1. The molecule has 1 aromatic heterocycles. The number of halogens is 1. The van der Waals surface area contributed by atoms with Crippen molar-refractivity contribution in [1.82, 2.24) is 9.55 Å². The molecule has 0 unspecified atom stereocenters. The number of nitrogens with zero attached hydrogens (tertiary/aromatic N) is 2. The van der Waals surface area contributed by atoms with Gasteiger partial charge in [-0.2, -0.15) is 0 Å². The summed E-state index contributed by atoms with van der Waals surface area (Å²) < 4.78 is 1.64. The summed E-state index contributed by atoms with van der Waals surface area (Å²) in [5.74, 6) is 0.109. The lowest BCUT2D eigenvalue weighted by atomic mass is 10.1. The lowest BCUT2D eigenvalue weighted by Crippen LogP contribution is -2.09. The molecule has 1 aromatic carbocycles. The zero-order valence-electron chi connectivity index (χ0n) is 8.64. The van der Waals surface area contributed by atoms with E-state index in [1.54, 1.807) is 42.2 Å². The van der Waals surface area contributed by atoms with Gasteiger partial charge in [0, 0.05) is 25.0 Å². The van der Waals surface area contributed by atoms with E-state index in [4.69, 9.17) is 17.3 Å². The summed E-state index contributed by atoms with van der Waals surface area (Å²) in [7, 11) is 1.75. The molecule has 16 heavy (non-hydrogen) atoms. The Hall–Kier alpha value is -1.81. The molecule has 0 saturated heterocycles. The van der Waals surface area contributed by atoms with Gasteiger partial charge in [-0.3, -0.25) is 4.79 Å². The quantitative estimate of drug-likeness (QED) is 0.639. The van der Waals surface area contributed by atoms with Gasteiger partial charge in [0.25, 0.3) is 0 Å². The molecule has 0 saturated carbocycles. The highest BCUT2D eigenvalue weighted by molar-refractivity contribution is 6.37. The summed E-state index contributed by atoms with van der Waals surface area (Å²) in [5.41, 5.74) is 6.40. The zero-order valence-corrected chi connectivity index (χ0v) is 9.40. The minimum Gasteiger partial charge on any atom is -0.398 e. The third-order valence-corrected chi connectivity index (χ3v) is 2.72. The van der Waals surface area contributed by atoms with Gasteiger partial charge < -0.3 is 10.3 Å². The van der Waals surface area contributed by atoms with E-state index in [-0.39, 0.29) is 10.8 Å². The molecule has 0 spiro atoms. The topological polar surface area (TPSA) is 60.9 Å². The molecular weight excluding hydrogens is 226 g/mol. The number of carbonyl (C=O) groups is 1. The third kappa shape index (κ3) is 1.67. The maximum atomic E-state index is 12.1. The first kappa shape index (κ1) is 10.7. The Labute approximate surface area is 97.7 Å². The Kier molecular flexibility index (Phi) is 2.66. The Morgan fingerprint density at radius 3 is 2.88 bits per heavy atom. The third-order valence-electron chi connectivity index (χ3n) is 2.30. The molecule has 2 N–H and O–H groups in total. The van der Waals surface area contributed by atoms with E-state index in [0.29, 0.717) is 17.1 Å². The SMILES string of the molecule is Cn1ccnc1C(=O)c1cccc(N)c1Cl. The van der Waals surface area contributed by atoms with Gasteiger partial charge >= 0.3 is 0 Å². The lowest BCUT2D eigenvalue weighted by molar-refractivity contribution is 0.102. The predicted octanol–water partition coefficient (Wildman–Crippen LogP) is 1.89. The molecule has 1 heterocycles. The van der Waals surface area contributed by atoms with Crippen LogP contribution in [0, 0.1) is 0 Å². The normalized spacial score (nSPS) is 10.4. The molecule has 0 amide bonds. The summed E-state index contributed by atoms with van der Waals surface area (Å²) >= 11 is 5.97. The average molecular weight is 236 g/mol. The number of nitrogen functional groups attached to an aromatic ring is 1. The molecule has 0 atom stereocenters. The fraction of sp³-hybridized carbons (Fsp3) is 0.0909. The van der Waals surface area contributed by atoms with Crippen LogP contribution in [0.25, 0.3) is 0 Å². The van der Waals surface area contributed by atoms with Crippen LogP contribution in [0.5, 0.6) is 0 Å². The highest BCUT2D eigenvalue weighted by Crippen LogP contribution is 2.24. The second-order valence-corrected chi connectivity index (χ2v) is 3.78. The summed E-state index contributed by atoms with van der Waals surface area (Å²) in [4.78, 5) is 16.1. The zero-order chi connectivity index (χ0) is 11.7. The van der Waals surface area contributed by atoms with Crippen LogP contribution < -0.4 is 5.73 Å². The van der Waals surface area contributed by atoms with Crippen molar-refractivity contribution in [3.8, 4) is 0 Å². The van der Waals surface area contributed by atoms with Crippen LogP contribution in [0.1, 0.15) is 16.2 Å². The second kappa shape index (κ2) is 3.98. The Morgan fingerprint density at radius 1 is 1.50 bits per heavy atom. The van der Waals surface area contributed by atoms with Crippen molar-refractivity contribution in [1.29, 1.82) is 0 Å². The van der Waals surface area contributed by atoms with Gasteiger partial charge in [0.05, 0.1) is 10.7 Å². The van der Waals surface area contributed by atoms with Crippen LogP contribution in [0.3, 0.4) is 0 Å². The van der Waals surface area contributed by atoms with Gasteiger partial charge in [-0.15, -0.1) is 0 Å². The molecule has 0 aliphatic rings. The van der Waals surface area contributed by atoms with Gasteiger partial charge in [0.15, 0.2) is 5.82 Å². The van der Waals surface area contributed by atoms with Crippen LogP contribution in [0.4, 0.5) is 5.69 Å². The van der Waals surface area contributed by atoms with E-state index in [1.165, 1.54) is 0 Å². The number of hydrogen-bond donors (Lipinski definition) is 1. The number of anilines is 1. The number of ketones is 1. The minimum absolute atomic E-state index is 0.232. The Bertz CT molecular complexity index is 548. The molecule has 2 rings (SSSR count). The molecule has 2 aromatic rings. The first-order chi connectivity index (χ1) is 7.61. The van der Waals surface area contributed by atoms with Gasteiger partial charge in [0.1, 0.15) is 0 Å². The number of imidazole rings is 1. The van der Waals surface area contributed by atoms with E-state index in [1.807, 2.05) is 0 Å². The van der Waals surface area contributed by atoms with Gasteiger partial charge in [-0.1, -0.05) is 17.7 Å². The molecule has 0 radical (unpaired) electrons. The van der Waals surface area contributed by atoms with Gasteiger partial charge in [0.2, 0.25) is 5.78 Å². The van der Waals surface area contributed by atoms with Crippen LogP contribution in [0.15, 0.2) is 30.6 Å². The fourth-order valence-corrected chi connectivity index (χ4v) is 1.64. The largest absolute Gasteiger partial charge is 0.398 e. The van der Waals surface area contributed by atoms with E-state index >= 15 is 0 Å². The Morgan fingerprint density at radius 2 is 2.25 bits per heavy atom. The van der Waals surface area contributed by atoms with Crippen molar-refractivity contribution >= 4 is 23.1 Å². The van der Waals surface area contributed by atoms with Crippen molar-refractivity contribution in [2.45, 2.75) is 0 Å². The number of carbonyl (C=O) groups excluding carboxylic acids is 1. The van der Waals surface area contributed by atoms with Crippen LogP contribution in [-0.4, -0.2) is 15.3 Å². The van der Waals surface area contributed by atoms with E-state index < -0.39 is 0 Å². The molecule has 0 aliphatic heterocycles. The molecule has 4 nitrogen and oxygen atoms in total. The van der Waals surface area contributed by atoms with E-state index in [2.05, 4.69) is 4.98 Å². The molecule has 0 fully saturated rings. The van der Waals surface area contributed by atoms with E-state index in [0.717, 1.165) is 0 Å². The fourth-order valence-electron chi connectivity index (χ4n) is 1.43. The summed E-state index contributed by atoms with van der Waals surface area (Å²) in [6.45, 7) is 0. The monoisotopic (exact) mass is 235 g/mol. The van der Waals surface area contributed by atoms with Gasteiger partial charge in [-0.05, 0) is 12.1 Å². The number of benzene rings is 1. The minimum atomic E-state index is -0.232. The van der Waals surface area contributed by atoms with Crippen LogP contribution in [-0.2, 0) is 7.05 Å². The van der Waals surface area contributed by atoms with Crippen molar-refractivity contribution in [3.63, 3.8) is 0 Å². The Balaban J connectivity index is 2.50. The maximum absolute atomic E-state index is 12.1. The van der Waals surface area contributed by atoms with Crippen molar-refractivity contribution in [2.75, 3.05) is 5.73 Å². The number of rotatable bonds is 2. The summed E-state index contributed by atoms with van der Waals surface area (Å²) in [5, 5.41) is 0.274. The summed E-state index contributed by atoms with van der Waals surface area (Å²) in [6, 6.07) is 4.98. The molecule has 82 valence electrons. The second-order valence-electron chi connectivity index (χ2n) is 3.40. The lowest BCUT2D eigenvalue weighted by Gasteiger charge is -2.05. The highest BCUT2D eigenvalue weighted by Gasteiger charge is 2.17. The maximum Gasteiger partial charge on any atom is 0.230 e. The summed E-state index contributed by atoms with van der Waals surface area (Å²) in [6.07, 6.45) is 3.26.